The maximum absolute atomic E-state index is 5.09. The van der Waals surface area contributed by atoms with Crippen molar-refractivity contribution in [1.82, 2.24) is 0 Å². The van der Waals surface area contributed by atoms with Crippen LogP contribution in [0, 0.1) is 0 Å². The van der Waals surface area contributed by atoms with Gasteiger partial charge in [-0.3, -0.25) is 0 Å². The van der Waals surface area contributed by atoms with Gasteiger partial charge in [0.1, 0.15) is 0 Å². The van der Waals surface area contributed by atoms with E-state index in [0.717, 1.165) is 11.3 Å². The highest BCUT2D eigenvalue weighted by molar-refractivity contribution is 5.98. The van der Waals surface area contributed by atoms with Gasteiger partial charge in [-0.25, -0.2) is 0 Å². The van der Waals surface area contributed by atoms with Crippen LogP contribution in [0.15, 0.2) is 35.4 Å². The molecule has 1 aromatic rings. The molecule has 0 unspecified atom stereocenters. The molecule has 1 aromatic carbocycles. The Morgan fingerprint density at radius 1 is 1.30 bits per heavy atom. The molecule has 0 saturated heterocycles. The molecule has 0 aliphatic rings. The number of hydrazone groups is 1. The lowest BCUT2D eigenvalue weighted by molar-refractivity contribution is 1.24. The summed E-state index contributed by atoms with van der Waals surface area (Å²) >= 11 is 0. The Balaban J connectivity index is 2.96. The lowest BCUT2D eigenvalue weighted by Crippen LogP contribution is -1.97. The fraction of sp³-hybridized carbons (Fsp3) is 0.125. The van der Waals surface area contributed by atoms with Crippen LogP contribution in [0.4, 0.5) is 0 Å². The summed E-state index contributed by atoms with van der Waals surface area (Å²) in [7, 11) is 0. The van der Waals surface area contributed by atoms with Crippen molar-refractivity contribution in [3.63, 3.8) is 0 Å². The third kappa shape index (κ3) is 1.35. The molecule has 0 spiro atoms. The van der Waals surface area contributed by atoms with Crippen molar-refractivity contribution in [2.24, 2.45) is 10.9 Å². The molecule has 0 bridgehead atoms. The maximum Gasteiger partial charge on any atom is 0.0641 e. The van der Waals surface area contributed by atoms with Gasteiger partial charge in [-0.2, -0.15) is 5.10 Å². The van der Waals surface area contributed by atoms with E-state index in [0.29, 0.717) is 0 Å². The molecule has 0 saturated carbocycles. The summed E-state index contributed by atoms with van der Waals surface area (Å²) < 4.78 is 0. The SMILES string of the molecule is C/C(=N/N)c1ccccc1. The first-order chi connectivity index (χ1) is 4.84. The number of nitrogens with two attached hydrogens (primary N) is 1. The van der Waals surface area contributed by atoms with E-state index in [9.17, 15) is 0 Å². The van der Waals surface area contributed by atoms with Crippen LogP contribution in [-0.2, 0) is 0 Å². The van der Waals surface area contributed by atoms with Gasteiger partial charge >= 0.3 is 0 Å². The van der Waals surface area contributed by atoms with E-state index in [2.05, 4.69) is 5.10 Å². The molecule has 0 amide bonds. The van der Waals surface area contributed by atoms with Crippen molar-refractivity contribution in [1.29, 1.82) is 0 Å². The van der Waals surface area contributed by atoms with E-state index in [4.69, 9.17) is 5.84 Å². The number of rotatable bonds is 1. The van der Waals surface area contributed by atoms with Crippen LogP contribution in [-0.4, -0.2) is 5.71 Å². The first kappa shape index (κ1) is 6.81. The largest absolute Gasteiger partial charge is 0.323 e. The number of hydrogen-bond acceptors (Lipinski definition) is 2. The van der Waals surface area contributed by atoms with Gasteiger partial charge in [-0.1, -0.05) is 30.3 Å². The second-order valence-corrected chi connectivity index (χ2v) is 2.08. The van der Waals surface area contributed by atoms with E-state index in [1.54, 1.807) is 0 Å². The maximum atomic E-state index is 5.09. The molecule has 0 aliphatic heterocycles. The predicted molar refractivity (Wildman–Crippen MR) is 42.8 cm³/mol. The molecule has 1 rings (SSSR count). The summed E-state index contributed by atoms with van der Waals surface area (Å²) in [5, 5.41) is 3.58. The van der Waals surface area contributed by atoms with Crippen molar-refractivity contribution < 1.29 is 0 Å². The first-order valence-corrected chi connectivity index (χ1v) is 3.14. The van der Waals surface area contributed by atoms with Crippen LogP contribution in [0.5, 0.6) is 0 Å². The highest BCUT2D eigenvalue weighted by Gasteiger charge is 1.91. The zero-order valence-electron chi connectivity index (χ0n) is 5.91. The van der Waals surface area contributed by atoms with Crippen LogP contribution in [0.1, 0.15) is 12.5 Å². The molecule has 0 atom stereocenters. The highest BCUT2D eigenvalue weighted by Crippen LogP contribution is 1.98. The van der Waals surface area contributed by atoms with Gasteiger partial charge in [0.15, 0.2) is 0 Å². The fourth-order valence-electron chi connectivity index (χ4n) is 0.754. The molecule has 0 radical (unpaired) electrons. The zero-order chi connectivity index (χ0) is 7.40. The van der Waals surface area contributed by atoms with Crippen molar-refractivity contribution in [3.05, 3.63) is 35.9 Å². The smallest absolute Gasteiger partial charge is 0.0641 e. The molecule has 0 fully saturated rings. The van der Waals surface area contributed by atoms with Crippen LogP contribution < -0.4 is 5.84 Å². The third-order valence-corrected chi connectivity index (χ3v) is 1.39. The monoisotopic (exact) mass is 134 g/mol. The Morgan fingerprint density at radius 3 is 2.40 bits per heavy atom. The van der Waals surface area contributed by atoms with Gasteiger partial charge < -0.3 is 5.84 Å². The molecule has 2 N–H and O–H groups in total. The number of nitrogens with zero attached hydrogens (tertiary/aromatic N) is 1. The van der Waals surface area contributed by atoms with E-state index < -0.39 is 0 Å². The zero-order valence-corrected chi connectivity index (χ0v) is 5.91. The van der Waals surface area contributed by atoms with E-state index in [1.807, 2.05) is 37.3 Å². The Bertz CT molecular complexity index is 226. The van der Waals surface area contributed by atoms with Crippen molar-refractivity contribution in [3.8, 4) is 0 Å². The van der Waals surface area contributed by atoms with Crippen molar-refractivity contribution in [2.75, 3.05) is 0 Å². The Hall–Kier alpha value is -1.31. The molecule has 0 heterocycles. The van der Waals surface area contributed by atoms with Gasteiger partial charge in [-0.15, -0.1) is 0 Å². The molecule has 0 aromatic heterocycles. The molecular formula is C8H10N2. The second kappa shape index (κ2) is 3.01. The average molecular weight is 134 g/mol. The standard InChI is InChI=1S/C8H10N2/c1-7(10-9)8-5-3-2-4-6-8/h2-6H,9H2,1H3/b10-7-. The molecule has 2 heteroatoms. The lowest BCUT2D eigenvalue weighted by Gasteiger charge is -1.95. The minimum absolute atomic E-state index is 0.862. The Morgan fingerprint density at radius 2 is 1.90 bits per heavy atom. The van der Waals surface area contributed by atoms with Crippen LogP contribution in [0.3, 0.4) is 0 Å². The van der Waals surface area contributed by atoms with Crippen molar-refractivity contribution >= 4 is 5.71 Å². The average Bonchev–Trinajstić information content (AvgIpc) is 2.05. The summed E-state index contributed by atoms with van der Waals surface area (Å²) in [4.78, 5) is 0. The number of hydrogen-bond donors (Lipinski definition) is 1. The minimum Gasteiger partial charge on any atom is -0.323 e. The summed E-state index contributed by atoms with van der Waals surface area (Å²) in [6.45, 7) is 1.88. The van der Waals surface area contributed by atoms with Crippen LogP contribution in [0.2, 0.25) is 0 Å². The van der Waals surface area contributed by atoms with Crippen LogP contribution >= 0.6 is 0 Å². The highest BCUT2D eigenvalue weighted by atomic mass is 15.1. The molecule has 10 heavy (non-hydrogen) atoms. The van der Waals surface area contributed by atoms with Crippen molar-refractivity contribution in [2.45, 2.75) is 6.92 Å². The Kier molecular flexibility index (Phi) is 2.05. The second-order valence-electron chi connectivity index (χ2n) is 2.08. The third-order valence-electron chi connectivity index (χ3n) is 1.39. The molecule has 2 nitrogen and oxygen atoms in total. The van der Waals surface area contributed by atoms with E-state index >= 15 is 0 Å². The van der Waals surface area contributed by atoms with Gasteiger partial charge in [0.2, 0.25) is 0 Å². The van der Waals surface area contributed by atoms with Crippen LogP contribution in [0.25, 0.3) is 0 Å². The van der Waals surface area contributed by atoms with Gasteiger partial charge in [0.25, 0.3) is 0 Å². The summed E-state index contributed by atoms with van der Waals surface area (Å²) in [6.07, 6.45) is 0. The van der Waals surface area contributed by atoms with E-state index in [-0.39, 0.29) is 0 Å². The molecule has 52 valence electrons. The van der Waals surface area contributed by atoms with E-state index in [1.165, 1.54) is 0 Å². The number of benzene rings is 1. The Labute approximate surface area is 60.4 Å². The summed E-state index contributed by atoms with van der Waals surface area (Å²) in [5.74, 6) is 5.09. The lowest BCUT2D eigenvalue weighted by atomic mass is 10.1. The predicted octanol–water partition coefficient (Wildman–Crippen LogP) is 1.37. The quantitative estimate of drug-likeness (QED) is 0.351. The topological polar surface area (TPSA) is 38.4 Å². The summed E-state index contributed by atoms with van der Waals surface area (Å²) in [6, 6.07) is 9.85. The normalized spacial score (nSPS) is 11.5. The summed E-state index contributed by atoms with van der Waals surface area (Å²) in [5.41, 5.74) is 1.94. The van der Waals surface area contributed by atoms with Gasteiger partial charge in [0, 0.05) is 0 Å². The minimum atomic E-state index is 0.862. The fourth-order valence-corrected chi connectivity index (χ4v) is 0.754. The molecular weight excluding hydrogens is 124 g/mol. The first-order valence-electron chi connectivity index (χ1n) is 3.14. The van der Waals surface area contributed by atoms with Gasteiger partial charge in [0.05, 0.1) is 5.71 Å². The molecule has 0 aliphatic carbocycles. The van der Waals surface area contributed by atoms with Gasteiger partial charge in [-0.05, 0) is 12.5 Å².